The van der Waals surface area contributed by atoms with Crippen molar-refractivity contribution in [2.45, 2.75) is 50.0 Å². The highest BCUT2D eigenvalue weighted by molar-refractivity contribution is 5.34. The first-order valence-electron chi connectivity index (χ1n) is 9.50. The van der Waals surface area contributed by atoms with Crippen molar-refractivity contribution in [1.29, 1.82) is 0 Å². The molecule has 1 heterocycles. The average Bonchev–Trinajstić information content (AvgIpc) is 2.73. The molecule has 5 unspecified atom stereocenters. The van der Waals surface area contributed by atoms with Crippen LogP contribution in [0, 0.1) is 0 Å². The smallest absolute Gasteiger partial charge is 0.224 e. The minimum absolute atomic E-state index is 0.509. The van der Waals surface area contributed by atoms with Crippen molar-refractivity contribution in [3.05, 3.63) is 70.8 Å². The molecule has 0 aromatic heterocycles. The predicted octanol–water partition coefficient (Wildman–Crippen LogP) is 1.11. The highest BCUT2D eigenvalue weighted by Gasteiger charge is 2.55. The fourth-order valence-corrected chi connectivity index (χ4v) is 3.69. The molecular formula is C22H28O6. The van der Waals surface area contributed by atoms with Crippen LogP contribution >= 0.6 is 0 Å². The van der Waals surface area contributed by atoms with E-state index in [2.05, 4.69) is 31.2 Å². The molecule has 0 amide bonds. The van der Waals surface area contributed by atoms with Crippen LogP contribution in [-0.4, -0.2) is 58.6 Å². The van der Waals surface area contributed by atoms with Gasteiger partial charge in [0.05, 0.1) is 6.61 Å². The lowest BCUT2D eigenvalue weighted by Gasteiger charge is -2.47. The van der Waals surface area contributed by atoms with Crippen molar-refractivity contribution >= 4 is 0 Å². The molecular weight excluding hydrogens is 360 g/mol. The monoisotopic (exact) mass is 388 g/mol. The number of benzene rings is 2. The lowest BCUT2D eigenvalue weighted by molar-refractivity contribution is -0.366. The normalized spacial score (nSPS) is 30.4. The molecule has 0 saturated carbocycles. The Morgan fingerprint density at radius 1 is 0.964 bits per heavy atom. The zero-order valence-corrected chi connectivity index (χ0v) is 16.2. The van der Waals surface area contributed by atoms with Gasteiger partial charge in [0.1, 0.15) is 24.4 Å². The third-order valence-electron chi connectivity index (χ3n) is 5.42. The van der Waals surface area contributed by atoms with Crippen LogP contribution in [0.5, 0.6) is 0 Å². The van der Waals surface area contributed by atoms with Gasteiger partial charge in [0, 0.05) is 12.7 Å². The summed E-state index contributed by atoms with van der Waals surface area (Å²) in [5.74, 6) is -1.69. The van der Waals surface area contributed by atoms with Gasteiger partial charge in [-0.1, -0.05) is 49.4 Å². The molecule has 0 aliphatic carbocycles. The van der Waals surface area contributed by atoms with E-state index >= 15 is 0 Å². The van der Waals surface area contributed by atoms with Gasteiger partial charge >= 0.3 is 0 Å². The molecule has 0 bridgehead atoms. The van der Waals surface area contributed by atoms with E-state index < -0.39 is 36.8 Å². The first-order valence-corrected chi connectivity index (χ1v) is 9.50. The highest BCUT2D eigenvalue weighted by Crippen LogP contribution is 2.39. The molecule has 1 aliphatic rings. The molecule has 6 nitrogen and oxygen atoms in total. The van der Waals surface area contributed by atoms with Gasteiger partial charge in [-0.25, -0.2) is 0 Å². The van der Waals surface area contributed by atoms with Crippen LogP contribution in [0.25, 0.3) is 0 Å². The quantitative estimate of drug-likeness (QED) is 0.592. The molecule has 5 atom stereocenters. The van der Waals surface area contributed by atoms with E-state index in [4.69, 9.17) is 9.47 Å². The number of methoxy groups -OCH3 is 1. The Morgan fingerprint density at radius 2 is 1.64 bits per heavy atom. The van der Waals surface area contributed by atoms with Crippen LogP contribution in [-0.2, 0) is 28.1 Å². The summed E-state index contributed by atoms with van der Waals surface area (Å²) in [5, 5.41) is 40.4. The van der Waals surface area contributed by atoms with Crippen LogP contribution in [0.2, 0.25) is 0 Å². The van der Waals surface area contributed by atoms with Gasteiger partial charge in [-0.2, -0.15) is 0 Å². The maximum Gasteiger partial charge on any atom is 0.224 e. The molecule has 6 heteroatoms. The Bertz CT molecular complexity index is 775. The van der Waals surface area contributed by atoms with Gasteiger partial charge in [0.15, 0.2) is 0 Å². The average molecular weight is 388 g/mol. The number of hydrogen-bond donors (Lipinski definition) is 4. The van der Waals surface area contributed by atoms with Gasteiger partial charge in [0.2, 0.25) is 5.79 Å². The molecule has 1 aliphatic heterocycles. The van der Waals surface area contributed by atoms with Crippen LogP contribution in [0.15, 0.2) is 48.5 Å². The first kappa shape index (κ1) is 20.9. The maximum atomic E-state index is 10.6. The zero-order valence-electron chi connectivity index (χ0n) is 16.2. The molecule has 152 valence electrons. The maximum absolute atomic E-state index is 10.6. The van der Waals surface area contributed by atoms with Crippen LogP contribution in [0.1, 0.15) is 29.2 Å². The summed E-state index contributed by atoms with van der Waals surface area (Å²) < 4.78 is 11.3. The van der Waals surface area contributed by atoms with Gasteiger partial charge in [-0.3, -0.25) is 0 Å². The molecule has 3 rings (SSSR count). The molecule has 2 aromatic carbocycles. The summed E-state index contributed by atoms with van der Waals surface area (Å²) in [5.41, 5.74) is 3.91. The van der Waals surface area contributed by atoms with Crippen LogP contribution in [0.4, 0.5) is 0 Å². The van der Waals surface area contributed by atoms with Crippen molar-refractivity contribution in [2.75, 3.05) is 13.7 Å². The van der Waals surface area contributed by atoms with Gasteiger partial charge < -0.3 is 29.9 Å². The molecule has 0 spiro atoms. The second-order valence-electron chi connectivity index (χ2n) is 7.18. The molecule has 2 aromatic rings. The summed E-state index contributed by atoms with van der Waals surface area (Å²) >= 11 is 0. The second-order valence-corrected chi connectivity index (χ2v) is 7.18. The summed E-state index contributed by atoms with van der Waals surface area (Å²) in [6, 6.07) is 15.8. The molecule has 28 heavy (non-hydrogen) atoms. The Kier molecular flexibility index (Phi) is 6.50. The number of aliphatic hydroxyl groups is 4. The first-order chi connectivity index (χ1) is 13.4. The van der Waals surface area contributed by atoms with E-state index in [0.717, 1.165) is 17.5 Å². The molecule has 1 fully saturated rings. The van der Waals surface area contributed by atoms with Crippen LogP contribution < -0.4 is 0 Å². The van der Waals surface area contributed by atoms with Gasteiger partial charge in [0.25, 0.3) is 0 Å². The number of hydrogen-bond acceptors (Lipinski definition) is 6. The molecule has 4 N–H and O–H groups in total. The molecule has 0 radical (unpaired) electrons. The number of ether oxygens (including phenoxy) is 2. The molecule has 1 saturated heterocycles. The largest absolute Gasteiger partial charge is 0.394 e. The van der Waals surface area contributed by atoms with E-state index in [1.54, 1.807) is 6.07 Å². The van der Waals surface area contributed by atoms with E-state index in [9.17, 15) is 20.4 Å². The van der Waals surface area contributed by atoms with Crippen molar-refractivity contribution in [1.82, 2.24) is 0 Å². The fraction of sp³-hybridized carbons (Fsp3) is 0.455. The highest BCUT2D eigenvalue weighted by atomic mass is 16.7. The standard InChI is InChI=1S/C22H28O6/c1-3-14-7-9-15(10-8-14)11-16-5-4-6-17(12-16)22(27-2)21(26)20(25)19(24)18(13-23)28-22/h4-10,12,18-21,23-26H,3,11,13H2,1-2H3. The van der Waals surface area contributed by atoms with Crippen molar-refractivity contribution in [3.63, 3.8) is 0 Å². The van der Waals surface area contributed by atoms with E-state index in [0.29, 0.717) is 12.0 Å². The Morgan fingerprint density at radius 3 is 2.25 bits per heavy atom. The van der Waals surface area contributed by atoms with Gasteiger partial charge in [-0.15, -0.1) is 0 Å². The Hall–Kier alpha value is -1.80. The topological polar surface area (TPSA) is 99.4 Å². The van der Waals surface area contributed by atoms with Gasteiger partial charge in [-0.05, 0) is 35.6 Å². The summed E-state index contributed by atoms with van der Waals surface area (Å²) in [6.45, 7) is 1.60. The number of rotatable bonds is 6. The minimum atomic E-state index is -1.69. The lowest BCUT2D eigenvalue weighted by atomic mass is 9.87. The Balaban J connectivity index is 1.91. The van der Waals surface area contributed by atoms with E-state index in [1.807, 2.05) is 18.2 Å². The Labute approximate surface area is 165 Å². The fourth-order valence-electron chi connectivity index (χ4n) is 3.69. The second kappa shape index (κ2) is 8.69. The number of aryl methyl sites for hydroxylation is 1. The lowest BCUT2D eigenvalue weighted by Crippen LogP contribution is -2.64. The van der Waals surface area contributed by atoms with Crippen molar-refractivity contribution < 1.29 is 29.9 Å². The van der Waals surface area contributed by atoms with Crippen molar-refractivity contribution in [2.24, 2.45) is 0 Å². The van der Waals surface area contributed by atoms with Crippen molar-refractivity contribution in [3.8, 4) is 0 Å². The third-order valence-corrected chi connectivity index (χ3v) is 5.42. The summed E-state index contributed by atoms with van der Waals surface area (Å²) in [6.07, 6.45) is -3.86. The predicted molar refractivity (Wildman–Crippen MR) is 104 cm³/mol. The number of aliphatic hydroxyl groups excluding tert-OH is 4. The third kappa shape index (κ3) is 3.85. The van der Waals surface area contributed by atoms with E-state index in [1.165, 1.54) is 12.7 Å². The summed E-state index contributed by atoms with van der Waals surface area (Å²) in [4.78, 5) is 0. The minimum Gasteiger partial charge on any atom is -0.394 e. The summed E-state index contributed by atoms with van der Waals surface area (Å²) in [7, 11) is 1.36. The van der Waals surface area contributed by atoms with E-state index in [-0.39, 0.29) is 0 Å². The zero-order chi connectivity index (χ0) is 20.3. The SMILES string of the molecule is CCc1ccc(Cc2cccc(C3(OC)OC(CO)C(O)C(O)C3O)c2)cc1. The van der Waals surface area contributed by atoms with Crippen LogP contribution in [0.3, 0.4) is 0 Å².